The van der Waals surface area contributed by atoms with Crippen molar-refractivity contribution in [3.63, 3.8) is 0 Å². The van der Waals surface area contributed by atoms with Gasteiger partial charge in [0.25, 0.3) is 0 Å². The molecule has 0 amide bonds. The second-order valence-corrected chi connectivity index (χ2v) is 2.12. The molecule has 0 spiro atoms. The quantitative estimate of drug-likeness (QED) is 0.459. The molecule has 0 aliphatic heterocycles. The van der Waals surface area contributed by atoms with Crippen molar-refractivity contribution < 1.29 is 9.13 Å². The molecule has 0 aromatic heterocycles. The number of ether oxygens (including phenoxy) is 1. The third kappa shape index (κ3) is 1.45. The van der Waals surface area contributed by atoms with E-state index in [-0.39, 0.29) is 11.2 Å². The number of anilines is 1. The predicted octanol–water partition coefficient (Wildman–Crippen LogP) is 0.210. The molecular weight excluding hydrogens is 144 g/mol. The van der Waals surface area contributed by atoms with E-state index < -0.39 is 5.82 Å². The fraction of sp³-hybridized carbons (Fsp3) is 0.143. The number of benzene rings is 1. The van der Waals surface area contributed by atoms with Gasteiger partial charge >= 0.3 is 0 Å². The van der Waals surface area contributed by atoms with Crippen LogP contribution in [0.4, 0.5) is 10.1 Å². The zero-order valence-electron chi connectivity index (χ0n) is 6.10. The minimum Gasteiger partial charge on any atom is -0.497 e. The summed E-state index contributed by atoms with van der Waals surface area (Å²) in [6, 6.07) is 2.62. The van der Waals surface area contributed by atoms with Gasteiger partial charge in [0, 0.05) is 11.8 Å². The highest BCUT2D eigenvalue weighted by atomic mass is 19.1. The average Bonchev–Trinajstić information content (AvgIpc) is 1.96. The van der Waals surface area contributed by atoms with Crippen molar-refractivity contribution in [1.82, 2.24) is 0 Å². The first-order chi connectivity index (χ1) is 5.15. The number of hydrogen-bond acceptors (Lipinski definition) is 2. The van der Waals surface area contributed by atoms with Crippen LogP contribution in [-0.2, 0) is 0 Å². The molecule has 56 valence electrons. The Hall–Kier alpha value is -1.19. The lowest BCUT2D eigenvalue weighted by molar-refractivity contribution is 0.416. The van der Waals surface area contributed by atoms with Gasteiger partial charge < -0.3 is 10.5 Å². The van der Waals surface area contributed by atoms with E-state index in [9.17, 15) is 4.39 Å². The van der Waals surface area contributed by atoms with Gasteiger partial charge in [0.1, 0.15) is 19.4 Å². The Kier molecular flexibility index (Phi) is 2.03. The molecule has 0 saturated carbocycles. The largest absolute Gasteiger partial charge is 0.497 e. The van der Waals surface area contributed by atoms with Gasteiger partial charge in [-0.2, -0.15) is 0 Å². The number of rotatable bonds is 1. The lowest BCUT2D eigenvalue weighted by Crippen LogP contribution is -2.12. The van der Waals surface area contributed by atoms with Crippen LogP contribution in [0.25, 0.3) is 0 Å². The van der Waals surface area contributed by atoms with Gasteiger partial charge in [0.15, 0.2) is 0 Å². The van der Waals surface area contributed by atoms with Crippen molar-refractivity contribution in [3.05, 3.63) is 17.9 Å². The normalized spacial score (nSPS) is 9.64. The smallest absolute Gasteiger partial charge is 0.123 e. The maximum atomic E-state index is 12.7. The van der Waals surface area contributed by atoms with Gasteiger partial charge in [-0.1, -0.05) is 0 Å². The number of hydrogen-bond donors (Lipinski definition) is 1. The van der Waals surface area contributed by atoms with Crippen LogP contribution >= 0.6 is 0 Å². The molecule has 0 fully saturated rings. The molecule has 1 rings (SSSR count). The summed E-state index contributed by atoms with van der Waals surface area (Å²) in [5.74, 6) is -0.288. The molecule has 2 nitrogen and oxygen atoms in total. The van der Waals surface area contributed by atoms with Gasteiger partial charge in [-0.25, -0.2) is 4.39 Å². The minimum atomic E-state index is -0.554. The maximum absolute atomic E-state index is 12.7. The number of nitrogen functional groups attached to an aromatic ring is 1. The number of methoxy groups -OCH3 is 1. The van der Waals surface area contributed by atoms with Crippen molar-refractivity contribution >= 4 is 19.0 Å². The van der Waals surface area contributed by atoms with Crippen LogP contribution in [0.15, 0.2) is 12.1 Å². The van der Waals surface area contributed by atoms with Crippen LogP contribution in [0.3, 0.4) is 0 Å². The Morgan fingerprint density at radius 3 is 2.73 bits per heavy atom. The number of nitrogens with two attached hydrogens (primary N) is 1. The summed E-state index contributed by atoms with van der Waals surface area (Å²) in [6.07, 6.45) is 0. The van der Waals surface area contributed by atoms with Gasteiger partial charge in [-0.05, 0) is 11.5 Å². The lowest BCUT2D eigenvalue weighted by atomic mass is 9.94. The Balaban J connectivity index is 3.24. The van der Waals surface area contributed by atoms with E-state index in [1.165, 1.54) is 13.2 Å². The summed E-state index contributed by atoms with van der Waals surface area (Å²) in [5.41, 5.74) is 5.62. The standard InChI is InChI=1S/C7H7BFNO/c1-11-6-3-4(10)2-5(9)7(6)8/h2-3H,10H2,1H3. The summed E-state index contributed by atoms with van der Waals surface area (Å²) in [6.45, 7) is 0. The average molecular weight is 151 g/mol. The first kappa shape index (κ1) is 7.92. The monoisotopic (exact) mass is 151 g/mol. The predicted molar refractivity (Wildman–Crippen MR) is 42.8 cm³/mol. The highest BCUT2D eigenvalue weighted by Gasteiger charge is 2.03. The molecule has 0 atom stereocenters. The van der Waals surface area contributed by atoms with Gasteiger partial charge in [0.05, 0.1) is 7.11 Å². The zero-order valence-corrected chi connectivity index (χ0v) is 6.10. The van der Waals surface area contributed by atoms with Crippen molar-refractivity contribution in [2.45, 2.75) is 0 Å². The molecule has 2 radical (unpaired) electrons. The fourth-order valence-corrected chi connectivity index (χ4v) is 0.781. The molecule has 0 saturated heterocycles. The molecule has 1 aromatic rings. The molecule has 1 aromatic carbocycles. The lowest BCUT2D eigenvalue weighted by Gasteiger charge is -2.06. The van der Waals surface area contributed by atoms with E-state index in [1.54, 1.807) is 0 Å². The molecule has 0 bridgehead atoms. The van der Waals surface area contributed by atoms with Crippen LogP contribution in [0.1, 0.15) is 0 Å². The molecule has 0 unspecified atom stereocenters. The van der Waals surface area contributed by atoms with Gasteiger partial charge in [-0.3, -0.25) is 0 Å². The Morgan fingerprint density at radius 1 is 1.55 bits per heavy atom. The summed E-state index contributed by atoms with van der Waals surface area (Å²) >= 11 is 0. The second kappa shape index (κ2) is 2.82. The van der Waals surface area contributed by atoms with E-state index >= 15 is 0 Å². The van der Waals surface area contributed by atoms with Crippen molar-refractivity contribution in [1.29, 1.82) is 0 Å². The van der Waals surface area contributed by atoms with Crippen molar-refractivity contribution in [2.75, 3.05) is 12.8 Å². The molecule has 11 heavy (non-hydrogen) atoms. The third-order valence-electron chi connectivity index (χ3n) is 1.33. The molecule has 0 aliphatic carbocycles. The van der Waals surface area contributed by atoms with Gasteiger partial charge in [-0.15, -0.1) is 0 Å². The van der Waals surface area contributed by atoms with E-state index in [0.717, 1.165) is 6.07 Å². The van der Waals surface area contributed by atoms with Crippen LogP contribution in [0.5, 0.6) is 5.75 Å². The summed E-state index contributed by atoms with van der Waals surface area (Å²) in [7, 11) is 6.71. The third-order valence-corrected chi connectivity index (χ3v) is 1.33. The van der Waals surface area contributed by atoms with Crippen molar-refractivity contribution in [3.8, 4) is 5.75 Å². The van der Waals surface area contributed by atoms with Crippen LogP contribution in [0.2, 0.25) is 0 Å². The molecule has 0 aliphatic rings. The molecule has 0 heterocycles. The van der Waals surface area contributed by atoms with E-state index in [1.807, 2.05) is 0 Å². The Bertz CT molecular complexity index is 277. The highest BCUT2D eigenvalue weighted by molar-refractivity contribution is 6.34. The van der Waals surface area contributed by atoms with Crippen molar-refractivity contribution in [2.24, 2.45) is 0 Å². The molecule has 4 heteroatoms. The first-order valence-electron chi connectivity index (χ1n) is 3.03. The fourth-order valence-electron chi connectivity index (χ4n) is 0.781. The Morgan fingerprint density at radius 2 is 2.18 bits per heavy atom. The SMILES string of the molecule is [B]c1c(F)cc(N)cc1OC. The van der Waals surface area contributed by atoms with Gasteiger partial charge in [0.2, 0.25) is 0 Å². The number of halogens is 1. The molecular formula is C7H7BFNO. The highest BCUT2D eigenvalue weighted by Crippen LogP contribution is 2.13. The van der Waals surface area contributed by atoms with Crippen LogP contribution < -0.4 is 15.9 Å². The Labute approximate surface area is 65.6 Å². The summed E-state index contributed by atoms with van der Waals surface area (Å²) in [5, 5.41) is 0. The summed E-state index contributed by atoms with van der Waals surface area (Å²) in [4.78, 5) is 0. The second-order valence-electron chi connectivity index (χ2n) is 2.12. The van der Waals surface area contributed by atoms with Crippen LogP contribution in [-0.4, -0.2) is 15.0 Å². The zero-order chi connectivity index (χ0) is 8.43. The summed E-state index contributed by atoms with van der Waals surface area (Å²) < 4.78 is 17.5. The van der Waals surface area contributed by atoms with E-state index in [4.69, 9.17) is 18.3 Å². The molecule has 2 N–H and O–H groups in total. The van der Waals surface area contributed by atoms with E-state index in [0.29, 0.717) is 5.69 Å². The minimum absolute atomic E-state index is 0.0123. The topological polar surface area (TPSA) is 35.2 Å². The first-order valence-corrected chi connectivity index (χ1v) is 3.03. The van der Waals surface area contributed by atoms with Crippen LogP contribution in [0, 0.1) is 5.82 Å². The van der Waals surface area contributed by atoms with E-state index in [2.05, 4.69) is 0 Å². The maximum Gasteiger partial charge on any atom is 0.123 e.